The third kappa shape index (κ3) is 9.77. The molecule has 5 fully saturated rings. The average molecular weight is 923 g/mol. The number of pyridine rings is 1. The molecule has 3 amide bonds. The molecule has 2 saturated heterocycles. The Morgan fingerprint density at radius 3 is 2.47 bits per heavy atom. The van der Waals surface area contributed by atoms with Gasteiger partial charge in [-0.3, -0.25) is 14.5 Å². The summed E-state index contributed by atoms with van der Waals surface area (Å²) in [5, 5.41) is 22.6. The topological polar surface area (TPSA) is 194 Å². The van der Waals surface area contributed by atoms with E-state index in [-0.39, 0.29) is 42.7 Å². The number of nitrogens with zero attached hydrogens (tertiary/aromatic N) is 4. The minimum atomic E-state index is -1.54. The average Bonchev–Trinajstić information content (AvgIpc) is 3.72. The van der Waals surface area contributed by atoms with Crippen LogP contribution < -0.4 is 25.4 Å². The largest absolute Gasteiger partial charge is 0.491 e. The second kappa shape index (κ2) is 18.3. The number of carbonyl (C=O) groups is 4. The minimum Gasteiger partial charge on any atom is -0.491 e. The Labute approximate surface area is 382 Å². The van der Waals surface area contributed by atoms with Crippen LogP contribution in [-0.2, 0) is 23.9 Å². The molecule has 3 saturated carbocycles. The van der Waals surface area contributed by atoms with Gasteiger partial charge in [-0.05, 0) is 75.3 Å². The number of halogens is 1. The minimum absolute atomic E-state index is 0.0197. The number of rotatable bonds is 17. The summed E-state index contributed by atoms with van der Waals surface area (Å²) in [4.78, 5) is 68.4. The van der Waals surface area contributed by atoms with Crippen LogP contribution in [0.15, 0.2) is 36.2 Å². The van der Waals surface area contributed by atoms with Gasteiger partial charge in [0.15, 0.2) is 5.13 Å². The van der Waals surface area contributed by atoms with Gasteiger partial charge in [0.1, 0.15) is 58.7 Å². The third-order valence-corrected chi connectivity index (χ3v) is 14.4. The molecule has 1 aromatic carbocycles. The molecule has 8 rings (SSSR count). The van der Waals surface area contributed by atoms with Crippen LogP contribution in [0.2, 0.25) is 5.02 Å². The summed E-state index contributed by atoms with van der Waals surface area (Å²) in [5.74, 6) is -0.789. The number of anilines is 1. The molecule has 4 heterocycles. The number of hydrogen-bond acceptors (Lipinski definition) is 13. The zero-order valence-corrected chi connectivity index (χ0v) is 38.9. The fourth-order valence-corrected chi connectivity index (χ4v) is 10.6. The molecule has 64 heavy (non-hydrogen) atoms. The Morgan fingerprint density at radius 2 is 1.81 bits per heavy atom. The molecular formula is C46H60ClN7O9S. The number of likely N-dealkylation sites (tertiary alicyclic amines) is 2. The van der Waals surface area contributed by atoms with E-state index in [1.807, 2.05) is 46.1 Å². The maximum Gasteiger partial charge on any atom is 0.408 e. The fourth-order valence-electron chi connectivity index (χ4n) is 9.48. The van der Waals surface area contributed by atoms with Crippen LogP contribution in [0.5, 0.6) is 11.5 Å². The molecule has 8 atom stereocenters. The number of aromatic nitrogens is 2. The number of hydrogen-bond donors (Lipinski definition) is 4. The van der Waals surface area contributed by atoms with Gasteiger partial charge in [0, 0.05) is 62.0 Å². The van der Waals surface area contributed by atoms with E-state index in [1.165, 1.54) is 28.7 Å². The van der Waals surface area contributed by atoms with Crippen molar-refractivity contribution in [2.45, 2.75) is 115 Å². The molecule has 4 N–H and O–H groups in total. The van der Waals surface area contributed by atoms with Gasteiger partial charge in [-0.2, -0.15) is 0 Å². The Balaban J connectivity index is 1.09. The maximum atomic E-state index is 14.8. The number of aliphatic carboxylic acids is 1. The lowest BCUT2D eigenvalue weighted by Crippen LogP contribution is -2.59. The van der Waals surface area contributed by atoms with Crippen molar-refractivity contribution in [1.82, 2.24) is 30.4 Å². The summed E-state index contributed by atoms with van der Waals surface area (Å²) in [5.41, 5.74) is -0.845. The van der Waals surface area contributed by atoms with Gasteiger partial charge in [0.2, 0.25) is 11.8 Å². The van der Waals surface area contributed by atoms with Gasteiger partial charge in [0.25, 0.3) is 0 Å². The van der Waals surface area contributed by atoms with Crippen LogP contribution in [0.4, 0.5) is 9.93 Å². The zero-order chi connectivity index (χ0) is 45.7. The Morgan fingerprint density at radius 1 is 1.05 bits per heavy atom. The normalized spacial score (nSPS) is 27.8. The number of thiazole rings is 1. The summed E-state index contributed by atoms with van der Waals surface area (Å²) in [6.45, 7) is 16.1. The van der Waals surface area contributed by atoms with Gasteiger partial charge in [-0.25, -0.2) is 19.6 Å². The number of benzene rings is 1. The number of carboxylic acid groups (broad SMARTS) is 1. The molecule has 8 unspecified atom stereocenters. The molecule has 18 heteroatoms. The van der Waals surface area contributed by atoms with E-state index in [9.17, 15) is 24.3 Å². The van der Waals surface area contributed by atoms with E-state index in [1.54, 1.807) is 19.2 Å². The highest BCUT2D eigenvalue weighted by Crippen LogP contribution is 2.52. The molecule has 0 radical (unpaired) electrons. The second-order valence-corrected chi connectivity index (χ2v) is 20.6. The van der Waals surface area contributed by atoms with Crippen molar-refractivity contribution >= 4 is 62.8 Å². The molecule has 0 spiro atoms. The summed E-state index contributed by atoms with van der Waals surface area (Å²) < 4.78 is 24.4. The maximum absolute atomic E-state index is 14.8. The van der Waals surface area contributed by atoms with E-state index < -0.39 is 58.9 Å². The molecular weight excluding hydrogens is 862 g/mol. The molecule has 2 aromatic heterocycles. The molecule has 346 valence electrons. The first-order valence-electron chi connectivity index (χ1n) is 22.3. The summed E-state index contributed by atoms with van der Waals surface area (Å²) in [7, 11) is 1.73. The standard InChI is InChI=1S/C46H60ClN7O9S/c1-8-27-20-46(27,42(57)58)52-40(55)34-18-30(22-54(34)41(56)39(45(4,5)6)51-44(59)63-29-16-25-15-26(25)17-29)62-36-19-32(33-23-64-43(50-33)48-24(2)3)49-38-31(36)9-10-35(37(38)47)61-14-13-53-12-11-28(21-53)60-7/h8-10,19,23-30,34,39H,1,11-18,20-22H2,2-7H3,(H,48,50)(H,51,59)(H,52,55)(H,57,58). The number of carbonyl (C=O) groups excluding carboxylic acids is 3. The summed E-state index contributed by atoms with van der Waals surface area (Å²) in [6.07, 6.45) is 4.02. The van der Waals surface area contributed by atoms with Crippen LogP contribution in [0.3, 0.4) is 0 Å². The smallest absolute Gasteiger partial charge is 0.408 e. The van der Waals surface area contributed by atoms with Crippen LogP contribution in [-0.4, -0.2) is 131 Å². The van der Waals surface area contributed by atoms with Gasteiger partial charge >= 0.3 is 12.1 Å². The van der Waals surface area contributed by atoms with Crippen molar-refractivity contribution < 1.29 is 43.2 Å². The quantitative estimate of drug-likeness (QED) is 0.109. The Hall–Kier alpha value is -4.71. The van der Waals surface area contributed by atoms with E-state index in [0.29, 0.717) is 63.9 Å². The molecule has 3 aromatic rings. The van der Waals surface area contributed by atoms with Crippen molar-refractivity contribution in [3.63, 3.8) is 0 Å². The van der Waals surface area contributed by atoms with Crippen molar-refractivity contribution in [2.75, 3.05) is 45.2 Å². The molecule has 3 aliphatic carbocycles. The molecule has 2 aliphatic heterocycles. The Bertz CT molecular complexity index is 2280. The lowest BCUT2D eigenvalue weighted by atomic mass is 9.85. The first-order chi connectivity index (χ1) is 30.5. The number of nitrogens with one attached hydrogen (secondary N) is 3. The number of alkyl carbamates (subject to hydrolysis) is 1. The van der Waals surface area contributed by atoms with Gasteiger partial charge in [-0.15, -0.1) is 17.9 Å². The lowest BCUT2D eigenvalue weighted by Gasteiger charge is -2.35. The van der Waals surface area contributed by atoms with Crippen LogP contribution in [0.25, 0.3) is 22.3 Å². The highest BCUT2D eigenvalue weighted by molar-refractivity contribution is 7.14. The van der Waals surface area contributed by atoms with Crippen LogP contribution in [0, 0.1) is 23.2 Å². The number of ether oxygens (including phenoxy) is 4. The zero-order valence-electron chi connectivity index (χ0n) is 37.4. The number of carboxylic acids is 1. The first-order valence-corrected chi connectivity index (χ1v) is 23.6. The number of amides is 3. The lowest BCUT2D eigenvalue weighted by molar-refractivity contribution is -0.146. The highest BCUT2D eigenvalue weighted by Gasteiger charge is 2.61. The van der Waals surface area contributed by atoms with Crippen molar-refractivity contribution in [3.05, 3.63) is 41.3 Å². The van der Waals surface area contributed by atoms with Gasteiger partial charge in [-0.1, -0.05) is 38.4 Å². The SMILES string of the molecule is C=CC1CC1(NC(=O)C1CC(Oc2cc(-c3csc(NC(C)C)n3)nc3c(Cl)c(OCCN4CCC(OC)C4)ccc23)CN1C(=O)C(NC(=O)OC1CC2CC2C1)C(C)(C)C)C(=O)O. The summed E-state index contributed by atoms with van der Waals surface area (Å²) >= 11 is 8.56. The van der Waals surface area contributed by atoms with Gasteiger partial charge in [0.05, 0.1) is 23.9 Å². The van der Waals surface area contributed by atoms with Crippen LogP contribution >= 0.6 is 22.9 Å². The van der Waals surface area contributed by atoms with Crippen LogP contribution in [0.1, 0.15) is 73.1 Å². The molecule has 5 aliphatic rings. The monoisotopic (exact) mass is 921 g/mol. The third-order valence-electron chi connectivity index (χ3n) is 13.3. The number of methoxy groups -OCH3 is 1. The molecule has 0 bridgehead atoms. The number of fused-ring (bicyclic) bond motifs is 2. The Kier molecular flexibility index (Phi) is 13.1. The summed E-state index contributed by atoms with van der Waals surface area (Å²) in [6, 6.07) is 3.30. The highest BCUT2D eigenvalue weighted by atomic mass is 35.5. The van der Waals surface area contributed by atoms with E-state index in [4.69, 9.17) is 40.5 Å². The fraction of sp³-hybridized carbons (Fsp3) is 0.609. The first kappa shape index (κ1) is 45.8. The van der Waals surface area contributed by atoms with E-state index >= 15 is 0 Å². The molecule has 16 nitrogen and oxygen atoms in total. The van der Waals surface area contributed by atoms with E-state index in [0.717, 1.165) is 32.4 Å². The van der Waals surface area contributed by atoms with Crippen molar-refractivity contribution in [2.24, 2.45) is 23.2 Å². The van der Waals surface area contributed by atoms with E-state index in [2.05, 4.69) is 27.4 Å². The predicted molar refractivity (Wildman–Crippen MR) is 243 cm³/mol. The van der Waals surface area contributed by atoms with Gasteiger partial charge < -0.3 is 44.9 Å². The van der Waals surface area contributed by atoms with Crippen molar-refractivity contribution in [3.8, 4) is 22.9 Å². The van der Waals surface area contributed by atoms with Crippen molar-refractivity contribution in [1.29, 1.82) is 0 Å². The second-order valence-electron chi connectivity index (χ2n) is 19.4. The predicted octanol–water partition coefficient (Wildman–Crippen LogP) is 6.36.